The topological polar surface area (TPSA) is 3.24 Å². The van der Waals surface area contributed by atoms with Crippen LogP contribution < -0.4 is 0 Å². The van der Waals surface area contributed by atoms with Crippen molar-refractivity contribution in [3.63, 3.8) is 0 Å². The molecular weight excluding hydrogens is 230 g/mol. The van der Waals surface area contributed by atoms with Crippen LogP contribution in [0.4, 0.5) is 0 Å². The molecule has 0 aromatic carbocycles. The molecule has 1 nitrogen and oxygen atoms in total. The fraction of sp³-hybridized carbons (Fsp3) is 0.889. The lowest BCUT2D eigenvalue weighted by molar-refractivity contribution is 0.362. The van der Waals surface area contributed by atoms with Gasteiger partial charge in [-0.05, 0) is 18.3 Å². The lowest BCUT2D eigenvalue weighted by atomic mass is 10.0. The first-order chi connectivity index (χ1) is 8.95. The predicted octanol–water partition coefficient (Wildman–Crippen LogP) is 5.86. The van der Waals surface area contributed by atoms with E-state index in [-0.39, 0.29) is 0 Å². The molecule has 0 aliphatic carbocycles. The molecule has 19 heavy (non-hydrogen) atoms. The van der Waals surface area contributed by atoms with Crippen LogP contribution in [-0.4, -0.2) is 18.5 Å². The van der Waals surface area contributed by atoms with Gasteiger partial charge >= 0.3 is 0 Å². The highest BCUT2D eigenvalue weighted by atomic mass is 15.1. The standard InChI is InChI=1S/C18H37N/c1-16(2)14-12-10-8-7-9-11-13-15-19(6)18(5)17(3)4/h16-17H,5,7-15H2,1-4,6H3. The van der Waals surface area contributed by atoms with E-state index in [2.05, 4.69) is 46.2 Å². The van der Waals surface area contributed by atoms with Gasteiger partial charge in [-0.2, -0.15) is 0 Å². The lowest BCUT2D eigenvalue weighted by Crippen LogP contribution is -2.21. The zero-order chi connectivity index (χ0) is 14.7. The summed E-state index contributed by atoms with van der Waals surface area (Å²) >= 11 is 0. The van der Waals surface area contributed by atoms with Crippen molar-refractivity contribution >= 4 is 0 Å². The van der Waals surface area contributed by atoms with Crippen molar-refractivity contribution in [1.82, 2.24) is 4.90 Å². The first-order valence-corrected chi connectivity index (χ1v) is 8.35. The molecule has 0 unspecified atom stereocenters. The van der Waals surface area contributed by atoms with Crippen LogP contribution in [0.1, 0.15) is 79.1 Å². The third kappa shape index (κ3) is 11.1. The van der Waals surface area contributed by atoms with E-state index in [0.717, 1.165) is 5.92 Å². The molecule has 0 aromatic rings. The molecule has 0 amide bonds. The highest BCUT2D eigenvalue weighted by molar-refractivity contribution is 4.95. The summed E-state index contributed by atoms with van der Waals surface area (Å²) in [7, 11) is 2.17. The van der Waals surface area contributed by atoms with Crippen LogP contribution in [0.15, 0.2) is 12.3 Å². The Bertz CT molecular complexity index is 218. The van der Waals surface area contributed by atoms with Gasteiger partial charge in [0.2, 0.25) is 0 Å². The van der Waals surface area contributed by atoms with Crippen molar-refractivity contribution in [3.8, 4) is 0 Å². The molecule has 0 saturated heterocycles. The van der Waals surface area contributed by atoms with Gasteiger partial charge in [0.1, 0.15) is 0 Å². The summed E-state index contributed by atoms with van der Waals surface area (Å²) in [4.78, 5) is 2.33. The summed E-state index contributed by atoms with van der Waals surface area (Å²) in [6, 6.07) is 0. The SMILES string of the molecule is C=C(C(C)C)N(C)CCCCCCCCCC(C)C. The molecule has 0 aliphatic rings. The number of allylic oxidation sites excluding steroid dienone is 1. The van der Waals surface area contributed by atoms with Crippen molar-refractivity contribution in [1.29, 1.82) is 0 Å². The van der Waals surface area contributed by atoms with E-state index < -0.39 is 0 Å². The number of hydrogen-bond donors (Lipinski definition) is 0. The minimum absolute atomic E-state index is 0.575. The molecule has 0 heterocycles. The largest absolute Gasteiger partial charge is 0.378 e. The molecule has 0 atom stereocenters. The zero-order valence-electron chi connectivity index (χ0n) is 14.2. The highest BCUT2D eigenvalue weighted by Gasteiger charge is 2.05. The molecule has 1 heteroatoms. The second-order valence-corrected chi connectivity index (χ2v) is 6.72. The Morgan fingerprint density at radius 1 is 0.842 bits per heavy atom. The third-order valence-electron chi connectivity index (χ3n) is 3.93. The highest BCUT2D eigenvalue weighted by Crippen LogP contribution is 2.14. The predicted molar refractivity (Wildman–Crippen MR) is 88.4 cm³/mol. The summed E-state index contributed by atoms with van der Waals surface area (Å²) in [5.74, 6) is 1.45. The van der Waals surface area contributed by atoms with E-state index in [1.54, 1.807) is 0 Å². The molecule has 0 N–H and O–H groups in total. The minimum atomic E-state index is 0.575. The van der Waals surface area contributed by atoms with Crippen LogP contribution >= 0.6 is 0 Å². The Kier molecular flexibility index (Phi) is 11.1. The van der Waals surface area contributed by atoms with E-state index in [0.29, 0.717) is 5.92 Å². The molecule has 0 bridgehead atoms. The normalized spacial score (nSPS) is 11.3. The molecule has 0 fully saturated rings. The summed E-state index contributed by atoms with van der Waals surface area (Å²) in [6.07, 6.45) is 11.2. The molecular formula is C18H37N. The van der Waals surface area contributed by atoms with Crippen molar-refractivity contribution in [2.45, 2.75) is 79.1 Å². The molecule has 0 saturated carbocycles. The molecule has 0 radical (unpaired) electrons. The van der Waals surface area contributed by atoms with Crippen LogP contribution in [-0.2, 0) is 0 Å². The quantitative estimate of drug-likeness (QED) is 0.400. The van der Waals surface area contributed by atoms with Gasteiger partial charge in [0, 0.05) is 19.3 Å². The molecule has 0 rings (SSSR count). The van der Waals surface area contributed by atoms with Gasteiger partial charge in [0.25, 0.3) is 0 Å². The molecule has 114 valence electrons. The van der Waals surface area contributed by atoms with Crippen molar-refractivity contribution in [2.75, 3.05) is 13.6 Å². The maximum absolute atomic E-state index is 4.14. The summed E-state index contributed by atoms with van der Waals surface area (Å²) in [6.45, 7) is 14.4. The fourth-order valence-corrected chi connectivity index (χ4v) is 2.37. The van der Waals surface area contributed by atoms with Crippen molar-refractivity contribution in [2.24, 2.45) is 11.8 Å². The van der Waals surface area contributed by atoms with E-state index in [1.807, 2.05) is 0 Å². The van der Waals surface area contributed by atoms with Crippen LogP contribution in [0.5, 0.6) is 0 Å². The van der Waals surface area contributed by atoms with Crippen LogP contribution in [0.3, 0.4) is 0 Å². The summed E-state index contributed by atoms with van der Waals surface area (Å²) in [5, 5.41) is 0. The van der Waals surface area contributed by atoms with Gasteiger partial charge < -0.3 is 4.90 Å². The van der Waals surface area contributed by atoms with Gasteiger partial charge in [0.15, 0.2) is 0 Å². The van der Waals surface area contributed by atoms with Gasteiger partial charge in [-0.3, -0.25) is 0 Å². The second-order valence-electron chi connectivity index (χ2n) is 6.72. The first kappa shape index (κ1) is 18.5. The minimum Gasteiger partial charge on any atom is -0.378 e. The maximum Gasteiger partial charge on any atom is 0.0171 e. The van der Waals surface area contributed by atoms with Gasteiger partial charge in [-0.25, -0.2) is 0 Å². The average Bonchev–Trinajstić information content (AvgIpc) is 2.35. The maximum atomic E-state index is 4.14. The molecule has 0 aromatic heterocycles. The second kappa shape index (κ2) is 11.4. The summed E-state index contributed by atoms with van der Waals surface area (Å²) < 4.78 is 0. The fourth-order valence-electron chi connectivity index (χ4n) is 2.37. The monoisotopic (exact) mass is 267 g/mol. The van der Waals surface area contributed by atoms with E-state index in [1.165, 1.54) is 63.6 Å². The number of nitrogens with zero attached hydrogens (tertiary/aromatic N) is 1. The van der Waals surface area contributed by atoms with Gasteiger partial charge in [-0.1, -0.05) is 79.2 Å². The van der Waals surface area contributed by atoms with Crippen LogP contribution in [0.2, 0.25) is 0 Å². The van der Waals surface area contributed by atoms with Crippen LogP contribution in [0, 0.1) is 11.8 Å². The first-order valence-electron chi connectivity index (χ1n) is 8.35. The Balaban J connectivity index is 3.29. The Hall–Kier alpha value is -0.460. The zero-order valence-corrected chi connectivity index (χ0v) is 14.2. The number of hydrogen-bond acceptors (Lipinski definition) is 1. The van der Waals surface area contributed by atoms with E-state index >= 15 is 0 Å². The third-order valence-corrected chi connectivity index (χ3v) is 3.93. The van der Waals surface area contributed by atoms with Crippen molar-refractivity contribution in [3.05, 3.63) is 12.3 Å². The van der Waals surface area contributed by atoms with Crippen molar-refractivity contribution < 1.29 is 0 Å². The Morgan fingerprint density at radius 2 is 1.32 bits per heavy atom. The van der Waals surface area contributed by atoms with E-state index in [9.17, 15) is 0 Å². The van der Waals surface area contributed by atoms with Gasteiger partial charge in [0.05, 0.1) is 0 Å². The average molecular weight is 268 g/mol. The Morgan fingerprint density at radius 3 is 1.79 bits per heavy atom. The molecule has 0 spiro atoms. The summed E-state index contributed by atoms with van der Waals surface area (Å²) in [5.41, 5.74) is 1.27. The smallest absolute Gasteiger partial charge is 0.0171 e. The number of unbranched alkanes of at least 4 members (excludes halogenated alkanes) is 6. The number of rotatable bonds is 12. The van der Waals surface area contributed by atoms with Gasteiger partial charge in [-0.15, -0.1) is 0 Å². The molecule has 0 aliphatic heterocycles. The van der Waals surface area contributed by atoms with E-state index in [4.69, 9.17) is 0 Å². The Labute approximate surface area is 122 Å². The van der Waals surface area contributed by atoms with Crippen LogP contribution in [0.25, 0.3) is 0 Å². The lowest BCUT2D eigenvalue weighted by Gasteiger charge is -2.24.